The van der Waals surface area contributed by atoms with Crippen molar-refractivity contribution in [2.24, 2.45) is 17.8 Å². The van der Waals surface area contributed by atoms with E-state index in [1.807, 2.05) is 26.8 Å². The van der Waals surface area contributed by atoms with Crippen LogP contribution in [0.5, 0.6) is 0 Å². The zero-order valence-electron chi connectivity index (χ0n) is 10.4. The van der Waals surface area contributed by atoms with Gasteiger partial charge in [-0.1, -0.05) is 46.3 Å². The van der Waals surface area contributed by atoms with E-state index in [0.29, 0.717) is 10.8 Å². The highest BCUT2D eigenvalue weighted by molar-refractivity contribution is 8.16. The molecule has 0 fully saturated rings. The minimum atomic E-state index is -3.61. The third kappa shape index (κ3) is 2.51. The first-order valence-corrected chi connectivity index (χ1v) is 7.87. The summed E-state index contributed by atoms with van der Waals surface area (Å²) in [5, 5.41) is 0. The maximum atomic E-state index is 11.6. The molecule has 0 amide bonds. The summed E-state index contributed by atoms with van der Waals surface area (Å²) >= 11 is 0. The molecule has 0 N–H and O–H groups in total. The standard InChI is InChI=1S/C12H19ClO2S/c1-7(2)10-6-11(8(3)4)12(9(10)5)16(13,14)15/h6-9H,1-5H3. The van der Waals surface area contributed by atoms with Crippen LogP contribution in [0.25, 0.3) is 0 Å². The van der Waals surface area contributed by atoms with E-state index in [1.54, 1.807) is 0 Å². The zero-order valence-corrected chi connectivity index (χ0v) is 12.0. The average Bonchev–Trinajstić information content (AvgIpc) is 2.41. The Kier molecular flexibility index (Phi) is 3.91. The summed E-state index contributed by atoms with van der Waals surface area (Å²) in [6, 6.07) is 0. The molecule has 0 radical (unpaired) electrons. The van der Waals surface area contributed by atoms with Crippen LogP contribution in [-0.2, 0) is 9.05 Å². The molecule has 4 heteroatoms. The maximum absolute atomic E-state index is 11.6. The first-order valence-electron chi connectivity index (χ1n) is 5.56. The van der Waals surface area contributed by atoms with Gasteiger partial charge in [-0.25, -0.2) is 8.42 Å². The smallest absolute Gasteiger partial charge is 0.207 e. The van der Waals surface area contributed by atoms with Crippen molar-refractivity contribution >= 4 is 19.7 Å². The van der Waals surface area contributed by atoms with Gasteiger partial charge in [0.1, 0.15) is 0 Å². The van der Waals surface area contributed by atoms with Gasteiger partial charge in [-0.05, 0) is 17.4 Å². The predicted octanol–water partition coefficient (Wildman–Crippen LogP) is 3.70. The highest BCUT2D eigenvalue weighted by Gasteiger charge is 2.33. The Labute approximate surface area is 103 Å². The normalized spacial score (nSPS) is 22.2. The van der Waals surface area contributed by atoms with Gasteiger partial charge < -0.3 is 0 Å². The van der Waals surface area contributed by atoms with Crippen LogP contribution in [0.1, 0.15) is 34.6 Å². The van der Waals surface area contributed by atoms with Gasteiger partial charge >= 0.3 is 0 Å². The van der Waals surface area contributed by atoms with Crippen molar-refractivity contribution in [2.45, 2.75) is 34.6 Å². The lowest BCUT2D eigenvalue weighted by Gasteiger charge is -2.15. The van der Waals surface area contributed by atoms with Crippen molar-refractivity contribution in [3.05, 3.63) is 22.1 Å². The Morgan fingerprint density at radius 3 is 1.94 bits per heavy atom. The summed E-state index contributed by atoms with van der Waals surface area (Å²) < 4.78 is 23.2. The van der Waals surface area contributed by atoms with Gasteiger partial charge in [-0.2, -0.15) is 0 Å². The topological polar surface area (TPSA) is 34.1 Å². The van der Waals surface area contributed by atoms with Crippen LogP contribution in [0.3, 0.4) is 0 Å². The molecule has 2 nitrogen and oxygen atoms in total. The molecule has 0 aromatic carbocycles. The van der Waals surface area contributed by atoms with Crippen molar-refractivity contribution in [3.8, 4) is 0 Å². The maximum Gasteiger partial charge on any atom is 0.258 e. The van der Waals surface area contributed by atoms with E-state index in [4.69, 9.17) is 10.7 Å². The molecule has 0 saturated heterocycles. The van der Waals surface area contributed by atoms with Crippen LogP contribution < -0.4 is 0 Å². The highest BCUT2D eigenvalue weighted by atomic mass is 35.7. The molecule has 1 atom stereocenters. The molecular formula is C12H19ClO2S. The number of rotatable bonds is 3. The van der Waals surface area contributed by atoms with Crippen molar-refractivity contribution in [1.29, 1.82) is 0 Å². The highest BCUT2D eigenvalue weighted by Crippen LogP contribution is 2.42. The fraction of sp³-hybridized carbons (Fsp3) is 0.667. The lowest BCUT2D eigenvalue weighted by molar-refractivity contribution is 0.603. The Morgan fingerprint density at radius 1 is 1.19 bits per heavy atom. The van der Waals surface area contributed by atoms with Crippen molar-refractivity contribution in [2.75, 3.05) is 0 Å². The molecular weight excluding hydrogens is 244 g/mol. The van der Waals surface area contributed by atoms with Crippen molar-refractivity contribution in [3.63, 3.8) is 0 Å². The van der Waals surface area contributed by atoms with E-state index in [1.165, 1.54) is 0 Å². The minimum absolute atomic E-state index is 0.0834. The third-order valence-corrected chi connectivity index (χ3v) is 4.66. The molecule has 1 unspecified atom stereocenters. The van der Waals surface area contributed by atoms with E-state index in [2.05, 4.69) is 13.8 Å². The first-order chi connectivity index (χ1) is 7.16. The quantitative estimate of drug-likeness (QED) is 0.727. The molecule has 0 heterocycles. The van der Waals surface area contributed by atoms with Crippen LogP contribution >= 0.6 is 10.7 Å². The van der Waals surface area contributed by atoms with Gasteiger partial charge in [0, 0.05) is 16.6 Å². The van der Waals surface area contributed by atoms with E-state index >= 15 is 0 Å². The fourth-order valence-electron chi connectivity index (χ4n) is 2.25. The fourth-order valence-corrected chi connectivity index (χ4v) is 4.05. The number of halogens is 1. The number of hydrogen-bond acceptors (Lipinski definition) is 2. The second-order valence-corrected chi connectivity index (χ2v) is 7.47. The van der Waals surface area contributed by atoms with E-state index in [-0.39, 0.29) is 11.8 Å². The lowest BCUT2D eigenvalue weighted by atomic mass is 9.94. The third-order valence-electron chi connectivity index (χ3n) is 3.05. The Hall–Kier alpha value is -0.280. The molecule has 0 aromatic rings. The van der Waals surface area contributed by atoms with Crippen LogP contribution in [-0.4, -0.2) is 8.42 Å². The zero-order chi connectivity index (χ0) is 12.7. The van der Waals surface area contributed by atoms with Crippen molar-refractivity contribution in [1.82, 2.24) is 0 Å². The van der Waals surface area contributed by atoms with Crippen molar-refractivity contribution < 1.29 is 8.42 Å². The second kappa shape index (κ2) is 4.53. The van der Waals surface area contributed by atoms with Gasteiger partial charge in [-0.15, -0.1) is 0 Å². The van der Waals surface area contributed by atoms with Crippen LogP contribution in [0.4, 0.5) is 0 Å². The molecule has 0 aromatic heterocycles. The molecule has 0 spiro atoms. The SMILES string of the molecule is CC(C)C1=CC(C(C)C)=C(S(=O)(=O)Cl)C1C. The van der Waals surface area contributed by atoms with Gasteiger partial charge in [-0.3, -0.25) is 0 Å². The minimum Gasteiger partial charge on any atom is -0.207 e. The predicted molar refractivity (Wildman–Crippen MR) is 68.7 cm³/mol. The largest absolute Gasteiger partial charge is 0.258 e. The number of allylic oxidation sites excluding steroid dienone is 4. The lowest BCUT2D eigenvalue weighted by Crippen LogP contribution is -2.10. The molecule has 0 aliphatic heterocycles. The molecule has 16 heavy (non-hydrogen) atoms. The molecule has 1 rings (SSSR count). The van der Waals surface area contributed by atoms with Gasteiger partial charge in [0.05, 0.1) is 4.91 Å². The average molecular weight is 263 g/mol. The summed E-state index contributed by atoms with van der Waals surface area (Å²) in [6.07, 6.45) is 2.01. The molecule has 92 valence electrons. The van der Waals surface area contributed by atoms with Crippen LogP contribution in [0.15, 0.2) is 22.1 Å². The van der Waals surface area contributed by atoms with Gasteiger partial charge in [0.15, 0.2) is 0 Å². The Balaban J connectivity index is 3.32. The summed E-state index contributed by atoms with van der Waals surface area (Å²) in [7, 11) is 1.91. The van der Waals surface area contributed by atoms with E-state index < -0.39 is 9.05 Å². The second-order valence-electron chi connectivity index (χ2n) is 4.93. The summed E-state index contributed by atoms with van der Waals surface area (Å²) in [4.78, 5) is 0.396. The number of hydrogen-bond donors (Lipinski definition) is 0. The molecule has 1 aliphatic rings. The first kappa shape index (κ1) is 13.8. The van der Waals surface area contributed by atoms with Crippen LogP contribution in [0, 0.1) is 17.8 Å². The Bertz CT molecular complexity index is 442. The van der Waals surface area contributed by atoms with Gasteiger partial charge in [0.25, 0.3) is 9.05 Å². The van der Waals surface area contributed by atoms with E-state index in [9.17, 15) is 8.42 Å². The summed E-state index contributed by atoms with van der Waals surface area (Å²) in [5.74, 6) is 0.446. The Morgan fingerprint density at radius 2 is 1.69 bits per heavy atom. The van der Waals surface area contributed by atoms with E-state index in [0.717, 1.165) is 11.1 Å². The summed E-state index contributed by atoms with van der Waals surface area (Å²) in [6.45, 7) is 10.0. The van der Waals surface area contributed by atoms with Gasteiger partial charge in [0.2, 0.25) is 0 Å². The molecule has 1 aliphatic carbocycles. The molecule has 0 bridgehead atoms. The monoisotopic (exact) mass is 262 g/mol. The summed E-state index contributed by atoms with van der Waals surface area (Å²) in [5.41, 5.74) is 2.02. The van der Waals surface area contributed by atoms with Crippen LogP contribution in [0.2, 0.25) is 0 Å². The molecule has 0 saturated carbocycles.